The van der Waals surface area contributed by atoms with Crippen LogP contribution in [0.25, 0.3) is 0 Å². The number of anilines is 3. The number of nitro benzene ring substituents is 1. The van der Waals surface area contributed by atoms with Gasteiger partial charge in [0.1, 0.15) is 11.5 Å². The molecule has 0 unspecified atom stereocenters. The van der Waals surface area contributed by atoms with Crippen molar-refractivity contribution in [2.24, 2.45) is 5.92 Å². The smallest absolute Gasteiger partial charge is 0.394 e. The van der Waals surface area contributed by atoms with Crippen molar-refractivity contribution in [3.63, 3.8) is 0 Å². The Morgan fingerprint density at radius 2 is 1.96 bits per heavy atom. The summed E-state index contributed by atoms with van der Waals surface area (Å²) in [6.45, 7) is 3.17. The Morgan fingerprint density at radius 3 is 2.50 bits per heavy atom. The van der Waals surface area contributed by atoms with E-state index in [1.165, 1.54) is 12.1 Å². The summed E-state index contributed by atoms with van der Waals surface area (Å²) in [6, 6.07) is 3.65. The molecule has 28 heavy (non-hydrogen) atoms. The highest BCUT2D eigenvalue weighted by Crippen LogP contribution is 2.33. The lowest BCUT2D eigenvalue weighted by Gasteiger charge is -2.21. The highest BCUT2D eigenvalue weighted by molar-refractivity contribution is 6.31. The summed E-state index contributed by atoms with van der Waals surface area (Å²) in [4.78, 5) is 17.8. The number of hydrogen-bond acceptors (Lipinski definition) is 7. The molecule has 8 nitrogen and oxygen atoms in total. The molecule has 3 N–H and O–H groups in total. The average molecular weight is 420 g/mol. The number of benzene rings is 1. The molecule has 0 radical (unpaired) electrons. The monoisotopic (exact) mass is 419 g/mol. The third kappa shape index (κ3) is 5.42. The van der Waals surface area contributed by atoms with Crippen molar-refractivity contribution in [3.8, 4) is 0 Å². The summed E-state index contributed by atoms with van der Waals surface area (Å²) in [5.41, 5.74) is -1.77. The maximum atomic E-state index is 13.2. The molecule has 0 aliphatic rings. The fourth-order valence-electron chi connectivity index (χ4n) is 2.22. The molecular weight excluding hydrogens is 403 g/mol. The zero-order valence-corrected chi connectivity index (χ0v) is 15.5. The van der Waals surface area contributed by atoms with Gasteiger partial charge in [-0.05, 0) is 18.1 Å². The van der Waals surface area contributed by atoms with E-state index in [2.05, 4.69) is 20.6 Å². The van der Waals surface area contributed by atoms with Crippen LogP contribution in [0.4, 0.5) is 36.3 Å². The van der Waals surface area contributed by atoms with E-state index in [1.54, 1.807) is 13.8 Å². The quantitative estimate of drug-likeness (QED) is 0.454. The van der Waals surface area contributed by atoms with E-state index in [1.807, 2.05) is 0 Å². The van der Waals surface area contributed by atoms with Crippen LogP contribution in [-0.2, 0) is 6.18 Å². The Kier molecular flexibility index (Phi) is 6.62. The van der Waals surface area contributed by atoms with Crippen molar-refractivity contribution in [3.05, 3.63) is 45.1 Å². The second-order valence-corrected chi connectivity index (χ2v) is 6.62. The normalized spacial score (nSPS) is 12.7. The van der Waals surface area contributed by atoms with Crippen LogP contribution >= 0.6 is 11.6 Å². The summed E-state index contributed by atoms with van der Waals surface area (Å²) >= 11 is 5.83. The lowest BCUT2D eigenvalue weighted by Crippen LogP contribution is -2.30. The van der Waals surface area contributed by atoms with Crippen LogP contribution < -0.4 is 10.6 Å². The summed E-state index contributed by atoms with van der Waals surface area (Å²) in [6.07, 6.45) is -4.78. The fraction of sp³-hybridized carbons (Fsp3) is 0.375. The summed E-state index contributed by atoms with van der Waals surface area (Å²) in [5.74, 6) is -0.820. The third-order valence-electron chi connectivity index (χ3n) is 3.75. The molecule has 0 amide bonds. The van der Waals surface area contributed by atoms with E-state index < -0.39 is 22.8 Å². The minimum absolute atomic E-state index is 0.117. The molecule has 0 aliphatic heterocycles. The summed E-state index contributed by atoms with van der Waals surface area (Å²) in [7, 11) is 0. The molecule has 0 fully saturated rings. The molecule has 12 heteroatoms. The lowest BCUT2D eigenvalue weighted by atomic mass is 10.1. The Bertz CT molecular complexity index is 864. The van der Waals surface area contributed by atoms with Crippen LogP contribution in [0.1, 0.15) is 19.5 Å². The molecular formula is C16H17ClF3N5O3. The number of nitrogens with one attached hydrogen (secondary N) is 2. The van der Waals surface area contributed by atoms with Crippen molar-refractivity contribution in [2.75, 3.05) is 17.2 Å². The predicted molar refractivity (Wildman–Crippen MR) is 97.8 cm³/mol. The predicted octanol–water partition coefficient (Wildman–Crippen LogP) is 4.23. The first-order valence-corrected chi connectivity index (χ1v) is 8.43. The van der Waals surface area contributed by atoms with E-state index in [0.29, 0.717) is 6.07 Å². The fourth-order valence-corrected chi connectivity index (χ4v) is 2.39. The number of aliphatic hydroxyl groups is 1. The van der Waals surface area contributed by atoms with Gasteiger partial charge >= 0.3 is 6.18 Å². The van der Waals surface area contributed by atoms with Crippen molar-refractivity contribution >= 4 is 34.7 Å². The van der Waals surface area contributed by atoms with Crippen molar-refractivity contribution < 1.29 is 23.2 Å². The van der Waals surface area contributed by atoms with Crippen LogP contribution in [0.15, 0.2) is 24.3 Å². The molecule has 2 aromatic rings. The number of rotatable bonds is 7. The van der Waals surface area contributed by atoms with Gasteiger partial charge in [-0.15, -0.1) is 0 Å². The molecule has 1 heterocycles. The maximum absolute atomic E-state index is 13.2. The Labute approximate surface area is 162 Å². The van der Waals surface area contributed by atoms with Gasteiger partial charge in [-0.1, -0.05) is 25.4 Å². The molecule has 0 saturated carbocycles. The molecule has 1 aromatic heterocycles. The summed E-state index contributed by atoms with van der Waals surface area (Å²) in [5, 5.41) is 25.8. The Morgan fingerprint density at radius 1 is 1.29 bits per heavy atom. The molecule has 152 valence electrons. The zero-order valence-electron chi connectivity index (χ0n) is 14.8. The van der Waals surface area contributed by atoms with Gasteiger partial charge in [0.2, 0.25) is 5.95 Å². The Balaban J connectivity index is 2.48. The first kappa shape index (κ1) is 21.6. The van der Waals surface area contributed by atoms with Crippen molar-refractivity contribution in [2.45, 2.75) is 26.1 Å². The largest absolute Gasteiger partial charge is 0.433 e. The number of alkyl halides is 3. The van der Waals surface area contributed by atoms with Crippen LogP contribution in [0.3, 0.4) is 0 Å². The molecule has 1 atom stereocenters. The van der Waals surface area contributed by atoms with E-state index in [9.17, 15) is 28.4 Å². The van der Waals surface area contributed by atoms with Gasteiger partial charge in [-0.3, -0.25) is 10.1 Å². The van der Waals surface area contributed by atoms with Gasteiger partial charge < -0.3 is 15.7 Å². The first-order chi connectivity index (χ1) is 13.0. The van der Waals surface area contributed by atoms with E-state index in [4.69, 9.17) is 11.6 Å². The van der Waals surface area contributed by atoms with Gasteiger partial charge in [-0.2, -0.15) is 18.2 Å². The van der Waals surface area contributed by atoms with Crippen LogP contribution in [0, 0.1) is 16.0 Å². The highest BCUT2D eigenvalue weighted by atomic mass is 35.5. The second kappa shape index (κ2) is 8.57. The van der Waals surface area contributed by atoms with Gasteiger partial charge in [0, 0.05) is 17.2 Å². The first-order valence-electron chi connectivity index (χ1n) is 8.06. The van der Waals surface area contributed by atoms with Gasteiger partial charge in [0.15, 0.2) is 5.69 Å². The van der Waals surface area contributed by atoms with Crippen molar-refractivity contribution in [1.29, 1.82) is 0 Å². The van der Waals surface area contributed by atoms with Gasteiger partial charge in [0.25, 0.3) is 5.69 Å². The zero-order chi connectivity index (χ0) is 21.1. The van der Waals surface area contributed by atoms with Crippen LogP contribution in [0.2, 0.25) is 5.02 Å². The molecule has 1 aromatic carbocycles. The third-order valence-corrected chi connectivity index (χ3v) is 3.99. The number of nitro groups is 1. The van der Waals surface area contributed by atoms with E-state index >= 15 is 0 Å². The maximum Gasteiger partial charge on any atom is 0.433 e. The summed E-state index contributed by atoms with van der Waals surface area (Å²) < 4.78 is 39.6. The number of aliphatic hydroxyl groups excluding tert-OH is 1. The second-order valence-electron chi connectivity index (χ2n) is 6.18. The number of hydrogen-bond donors (Lipinski definition) is 3. The average Bonchev–Trinajstić information content (AvgIpc) is 2.58. The van der Waals surface area contributed by atoms with Gasteiger partial charge in [0.05, 0.1) is 17.6 Å². The molecule has 0 spiro atoms. The topological polar surface area (TPSA) is 113 Å². The standard InChI is InChI=1S/C16H17ClF3N5O3/c1-8(2)11(7-26)22-15-23-13(16(18,19)20)6-14(24-15)21-10-5-9(17)3-4-12(10)25(27)28/h3-6,8,11,26H,7H2,1-2H3,(H2,21,22,23,24)/t11-/m0/s1. The number of aromatic nitrogens is 2. The molecule has 0 aliphatic carbocycles. The minimum atomic E-state index is -4.78. The van der Waals surface area contributed by atoms with Crippen LogP contribution in [-0.4, -0.2) is 32.6 Å². The molecule has 0 bridgehead atoms. The van der Waals surface area contributed by atoms with E-state index in [-0.39, 0.29) is 40.7 Å². The number of halogens is 4. The number of nitrogens with zero attached hydrogens (tertiary/aromatic N) is 3. The van der Waals surface area contributed by atoms with Gasteiger partial charge in [-0.25, -0.2) is 4.98 Å². The molecule has 0 saturated heterocycles. The highest BCUT2D eigenvalue weighted by Gasteiger charge is 2.34. The van der Waals surface area contributed by atoms with Crippen LogP contribution in [0.5, 0.6) is 0 Å². The lowest BCUT2D eigenvalue weighted by molar-refractivity contribution is -0.383. The Hall–Kier alpha value is -2.66. The SMILES string of the molecule is CC(C)[C@H](CO)Nc1nc(Nc2cc(Cl)ccc2[N+](=O)[O-])cc(C(F)(F)F)n1. The molecule has 2 rings (SSSR count). The van der Waals surface area contributed by atoms with E-state index in [0.717, 1.165) is 6.07 Å². The minimum Gasteiger partial charge on any atom is -0.394 e. The van der Waals surface area contributed by atoms with Crippen molar-refractivity contribution in [1.82, 2.24) is 9.97 Å².